The number of hydrogen-bond acceptors (Lipinski definition) is 5. The van der Waals surface area contributed by atoms with Crippen LogP contribution in [0, 0.1) is 0 Å². The van der Waals surface area contributed by atoms with Crippen molar-refractivity contribution < 1.29 is 14.7 Å². The van der Waals surface area contributed by atoms with E-state index in [1.165, 1.54) is 20.9 Å². The molecule has 0 bridgehead atoms. The highest BCUT2D eigenvalue weighted by molar-refractivity contribution is 7.13. The predicted molar refractivity (Wildman–Crippen MR) is 73.6 cm³/mol. The molecule has 0 fully saturated rings. The first-order valence-corrected chi connectivity index (χ1v) is 6.79. The van der Waals surface area contributed by atoms with Crippen LogP contribution in [0.5, 0.6) is 0 Å². The van der Waals surface area contributed by atoms with Crippen LogP contribution in [0.15, 0.2) is 17.5 Å². The van der Waals surface area contributed by atoms with E-state index in [9.17, 15) is 9.59 Å². The molecule has 2 rings (SSSR count). The summed E-state index contributed by atoms with van der Waals surface area (Å²) in [6.07, 6.45) is 0.244. The van der Waals surface area contributed by atoms with Crippen molar-refractivity contribution in [2.75, 3.05) is 14.1 Å². The zero-order chi connectivity index (χ0) is 14.7. The third-order valence-electron chi connectivity index (χ3n) is 2.73. The van der Waals surface area contributed by atoms with Gasteiger partial charge in [-0.2, -0.15) is 0 Å². The molecule has 0 aliphatic rings. The second kappa shape index (κ2) is 5.83. The standard InChI is InChI=1S/C12H14N4O3S/c1-15(2)9(17)5-6-16-11(8-4-3-7-20-8)10(12(18)19)13-14-16/h3-4,7H,5-6H2,1-2H3,(H,18,19). The number of aryl methyl sites for hydroxylation is 1. The van der Waals surface area contributed by atoms with Gasteiger partial charge in [0.25, 0.3) is 0 Å². The minimum Gasteiger partial charge on any atom is -0.476 e. The van der Waals surface area contributed by atoms with Crippen LogP contribution in [0.1, 0.15) is 16.9 Å². The van der Waals surface area contributed by atoms with Gasteiger partial charge in [-0.3, -0.25) is 4.79 Å². The molecule has 2 heterocycles. The molecule has 7 nitrogen and oxygen atoms in total. The molecule has 0 aliphatic heterocycles. The Balaban J connectivity index is 2.30. The van der Waals surface area contributed by atoms with Crippen molar-refractivity contribution in [3.05, 3.63) is 23.2 Å². The summed E-state index contributed by atoms with van der Waals surface area (Å²) >= 11 is 1.41. The van der Waals surface area contributed by atoms with E-state index < -0.39 is 5.97 Å². The first-order chi connectivity index (χ1) is 9.50. The zero-order valence-corrected chi connectivity index (χ0v) is 11.9. The lowest BCUT2D eigenvalue weighted by Crippen LogP contribution is -2.23. The maximum Gasteiger partial charge on any atom is 0.358 e. The van der Waals surface area contributed by atoms with E-state index in [0.29, 0.717) is 12.2 Å². The molecule has 0 spiro atoms. The van der Waals surface area contributed by atoms with Crippen molar-refractivity contribution in [1.82, 2.24) is 19.9 Å². The fourth-order valence-corrected chi connectivity index (χ4v) is 2.47. The molecular formula is C12H14N4O3S. The van der Waals surface area contributed by atoms with Crippen LogP contribution in [0.3, 0.4) is 0 Å². The average molecular weight is 294 g/mol. The number of aromatic carboxylic acids is 1. The predicted octanol–water partition coefficient (Wildman–Crippen LogP) is 1.18. The van der Waals surface area contributed by atoms with Crippen molar-refractivity contribution in [2.24, 2.45) is 0 Å². The summed E-state index contributed by atoms with van der Waals surface area (Å²) in [6, 6.07) is 3.63. The molecule has 2 aromatic rings. The van der Waals surface area contributed by atoms with Gasteiger partial charge in [-0.05, 0) is 11.4 Å². The Bertz CT molecular complexity index is 619. The second-order valence-electron chi connectivity index (χ2n) is 4.33. The van der Waals surface area contributed by atoms with Crippen LogP contribution in [-0.4, -0.2) is 51.0 Å². The van der Waals surface area contributed by atoms with Gasteiger partial charge < -0.3 is 10.0 Å². The van der Waals surface area contributed by atoms with Crippen LogP contribution in [0.2, 0.25) is 0 Å². The summed E-state index contributed by atoms with van der Waals surface area (Å²) in [7, 11) is 3.35. The van der Waals surface area contributed by atoms with Gasteiger partial charge in [0.15, 0.2) is 5.69 Å². The quantitative estimate of drug-likeness (QED) is 0.894. The third kappa shape index (κ3) is 2.85. The van der Waals surface area contributed by atoms with Crippen LogP contribution in [-0.2, 0) is 11.3 Å². The highest BCUT2D eigenvalue weighted by atomic mass is 32.1. The van der Waals surface area contributed by atoms with Gasteiger partial charge in [0.2, 0.25) is 5.91 Å². The number of amides is 1. The molecule has 1 N–H and O–H groups in total. The Morgan fingerprint density at radius 2 is 2.20 bits per heavy atom. The summed E-state index contributed by atoms with van der Waals surface area (Å²) < 4.78 is 1.47. The minimum absolute atomic E-state index is 0.0468. The van der Waals surface area contributed by atoms with Crippen molar-refractivity contribution in [1.29, 1.82) is 0 Å². The first-order valence-electron chi connectivity index (χ1n) is 5.91. The van der Waals surface area contributed by atoms with Gasteiger partial charge in [0.1, 0.15) is 5.69 Å². The topological polar surface area (TPSA) is 88.3 Å². The zero-order valence-electron chi connectivity index (χ0n) is 11.1. The molecule has 0 radical (unpaired) electrons. The molecule has 2 aromatic heterocycles. The van der Waals surface area contributed by atoms with Crippen molar-refractivity contribution in [3.63, 3.8) is 0 Å². The Labute approximate surface area is 119 Å². The Kier molecular flexibility index (Phi) is 4.14. The van der Waals surface area contributed by atoms with E-state index in [0.717, 1.165) is 4.88 Å². The normalized spacial score (nSPS) is 10.5. The number of hydrogen-bond donors (Lipinski definition) is 1. The van der Waals surface area contributed by atoms with Gasteiger partial charge in [-0.1, -0.05) is 11.3 Å². The van der Waals surface area contributed by atoms with Gasteiger partial charge >= 0.3 is 5.97 Å². The molecule has 0 aromatic carbocycles. The van der Waals surface area contributed by atoms with Crippen molar-refractivity contribution >= 4 is 23.2 Å². The summed E-state index contributed by atoms with van der Waals surface area (Å²) in [5.74, 6) is -1.17. The third-order valence-corrected chi connectivity index (χ3v) is 3.61. The Morgan fingerprint density at radius 3 is 2.75 bits per heavy atom. The monoisotopic (exact) mass is 294 g/mol. The minimum atomic E-state index is -1.13. The lowest BCUT2D eigenvalue weighted by atomic mass is 10.2. The van der Waals surface area contributed by atoms with E-state index in [4.69, 9.17) is 5.11 Å². The molecule has 0 saturated carbocycles. The number of carboxylic acid groups (broad SMARTS) is 1. The summed E-state index contributed by atoms with van der Waals surface area (Å²) in [6.45, 7) is 0.296. The van der Waals surface area contributed by atoms with Crippen molar-refractivity contribution in [3.8, 4) is 10.6 Å². The van der Waals surface area contributed by atoms with Gasteiger partial charge in [-0.25, -0.2) is 9.48 Å². The maximum absolute atomic E-state index is 11.6. The second-order valence-corrected chi connectivity index (χ2v) is 5.28. The molecule has 0 atom stereocenters. The number of nitrogens with zero attached hydrogens (tertiary/aromatic N) is 4. The molecular weight excluding hydrogens is 280 g/mol. The maximum atomic E-state index is 11.6. The number of thiophene rings is 1. The fourth-order valence-electron chi connectivity index (χ4n) is 1.70. The van der Waals surface area contributed by atoms with Crippen LogP contribution < -0.4 is 0 Å². The highest BCUT2D eigenvalue weighted by Crippen LogP contribution is 2.27. The Hall–Kier alpha value is -2.22. The molecule has 0 aliphatic carbocycles. The summed E-state index contributed by atoms with van der Waals surface area (Å²) in [4.78, 5) is 25.0. The van der Waals surface area contributed by atoms with E-state index in [1.807, 2.05) is 11.4 Å². The van der Waals surface area contributed by atoms with E-state index in [-0.39, 0.29) is 18.0 Å². The van der Waals surface area contributed by atoms with Crippen LogP contribution in [0.4, 0.5) is 0 Å². The van der Waals surface area contributed by atoms with Gasteiger partial charge in [-0.15, -0.1) is 16.4 Å². The van der Waals surface area contributed by atoms with Crippen LogP contribution >= 0.6 is 11.3 Å². The lowest BCUT2D eigenvalue weighted by molar-refractivity contribution is -0.128. The number of carboxylic acids is 1. The van der Waals surface area contributed by atoms with Crippen LogP contribution in [0.25, 0.3) is 10.6 Å². The van der Waals surface area contributed by atoms with E-state index >= 15 is 0 Å². The molecule has 0 saturated heterocycles. The Morgan fingerprint density at radius 1 is 1.45 bits per heavy atom. The summed E-state index contributed by atoms with van der Waals surface area (Å²) in [5, 5.41) is 18.5. The number of aromatic nitrogens is 3. The molecule has 20 heavy (non-hydrogen) atoms. The molecule has 1 amide bonds. The SMILES string of the molecule is CN(C)C(=O)CCn1nnc(C(=O)O)c1-c1cccs1. The van der Waals surface area contributed by atoms with Gasteiger partial charge in [0.05, 0.1) is 11.4 Å². The molecule has 106 valence electrons. The first kappa shape index (κ1) is 14.2. The number of rotatable bonds is 5. The highest BCUT2D eigenvalue weighted by Gasteiger charge is 2.21. The van der Waals surface area contributed by atoms with Crippen molar-refractivity contribution in [2.45, 2.75) is 13.0 Å². The number of carbonyl (C=O) groups excluding carboxylic acids is 1. The average Bonchev–Trinajstić information content (AvgIpc) is 3.03. The molecule has 8 heteroatoms. The van der Waals surface area contributed by atoms with E-state index in [2.05, 4.69) is 10.3 Å². The number of carbonyl (C=O) groups is 2. The largest absolute Gasteiger partial charge is 0.476 e. The smallest absolute Gasteiger partial charge is 0.358 e. The van der Waals surface area contributed by atoms with E-state index in [1.54, 1.807) is 20.2 Å². The molecule has 0 unspecified atom stereocenters. The lowest BCUT2D eigenvalue weighted by Gasteiger charge is -2.10. The summed E-state index contributed by atoms with van der Waals surface area (Å²) in [5.41, 5.74) is 0.351. The fraction of sp³-hybridized carbons (Fsp3) is 0.333. The van der Waals surface area contributed by atoms with Gasteiger partial charge in [0, 0.05) is 20.5 Å².